The van der Waals surface area contributed by atoms with Gasteiger partial charge in [-0.25, -0.2) is 8.42 Å². The lowest BCUT2D eigenvalue weighted by atomic mass is 9.81. The van der Waals surface area contributed by atoms with Crippen LogP contribution < -0.4 is 5.32 Å². The van der Waals surface area contributed by atoms with Gasteiger partial charge in [0, 0.05) is 43.5 Å². The number of rotatable bonds is 7. The molecule has 1 saturated heterocycles. The molecule has 5 nitrogen and oxygen atoms in total. The molecule has 1 N–H and O–H groups in total. The summed E-state index contributed by atoms with van der Waals surface area (Å²) in [6.07, 6.45) is 3.49. The zero-order chi connectivity index (χ0) is 16.1. The lowest BCUT2D eigenvalue weighted by Gasteiger charge is -2.41. The van der Waals surface area contributed by atoms with E-state index in [0.29, 0.717) is 6.54 Å². The van der Waals surface area contributed by atoms with E-state index in [1.807, 2.05) is 7.05 Å². The largest absolute Gasteiger partial charge is 0.381 e. The topological polar surface area (TPSA) is 58.6 Å². The van der Waals surface area contributed by atoms with Crippen LogP contribution in [-0.4, -0.2) is 70.8 Å². The van der Waals surface area contributed by atoms with Gasteiger partial charge in [-0.3, -0.25) is 0 Å². The minimum atomic E-state index is -2.90. The highest BCUT2D eigenvalue weighted by Crippen LogP contribution is 2.29. The van der Waals surface area contributed by atoms with Gasteiger partial charge in [0.25, 0.3) is 0 Å². The molecular weight excluding hydrogens is 288 g/mol. The molecule has 1 aliphatic heterocycles. The fourth-order valence-corrected chi connectivity index (χ4v) is 3.30. The first kappa shape index (κ1) is 18.9. The Labute approximate surface area is 130 Å². The van der Waals surface area contributed by atoms with Crippen molar-refractivity contribution in [3.8, 4) is 0 Å². The van der Waals surface area contributed by atoms with Crippen LogP contribution in [0.1, 0.15) is 33.6 Å². The Hall–Kier alpha value is -0.170. The Morgan fingerprint density at radius 3 is 2.48 bits per heavy atom. The van der Waals surface area contributed by atoms with Crippen LogP contribution in [0.5, 0.6) is 0 Å². The Morgan fingerprint density at radius 2 is 2.00 bits per heavy atom. The number of sulfone groups is 1. The standard InChI is InChI=1S/C15H32N2O3S/c1-14(2,3)16-11-15(7-6-9-20-13-15)12-17(4)8-10-21(5,18)19/h16H,6-13H2,1-5H3. The maximum atomic E-state index is 11.3. The van der Waals surface area contributed by atoms with Crippen LogP contribution in [0.25, 0.3) is 0 Å². The van der Waals surface area contributed by atoms with Gasteiger partial charge in [0.2, 0.25) is 0 Å². The summed E-state index contributed by atoms with van der Waals surface area (Å²) in [5, 5.41) is 3.59. The molecule has 21 heavy (non-hydrogen) atoms. The molecule has 0 aliphatic carbocycles. The molecule has 0 amide bonds. The molecule has 126 valence electrons. The summed E-state index contributed by atoms with van der Waals surface area (Å²) in [7, 11) is -0.905. The summed E-state index contributed by atoms with van der Waals surface area (Å²) >= 11 is 0. The predicted molar refractivity (Wildman–Crippen MR) is 87.4 cm³/mol. The van der Waals surface area contributed by atoms with Crippen molar-refractivity contribution in [3.63, 3.8) is 0 Å². The van der Waals surface area contributed by atoms with E-state index in [2.05, 4.69) is 31.0 Å². The van der Waals surface area contributed by atoms with Crippen LogP contribution in [0.4, 0.5) is 0 Å². The van der Waals surface area contributed by atoms with Crippen LogP contribution in [0.15, 0.2) is 0 Å². The lowest BCUT2D eigenvalue weighted by Crippen LogP contribution is -2.52. The van der Waals surface area contributed by atoms with Crippen molar-refractivity contribution in [3.05, 3.63) is 0 Å². The SMILES string of the molecule is CN(CCS(C)(=O)=O)CC1(CNC(C)(C)C)CCCOC1. The fraction of sp³-hybridized carbons (Fsp3) is 1.00. The third-order valence-electron chi connectivity index (χ3n) is 3.85. The average Bonchev–Trinajstić information content (AvgIpc) is 2.34. The van der Waals surface area contributed by atoms with Crippen molar-refractivity contribution in [2.45, 2.75) is 39.2 Å². The first-order chi connectivity index (χ1) is 9.52. The molecule has 0 radical (unpaired) electrons. The molecule has 0 aromatic carbocycles. The summed E-state index contributed by atoms with van der Waals surface area (Å²) in [5.74, 6) is 0.215. The van der Waals surface area contributed by atoms with Gasteiger partial charge in [0.05, 0.1) is 12.4 Å². The number of nitrogens with one attached hydrogen (secondary N) is 1. The Morgan fingerprint density at radius 1 is 1.33 bits per heavy atom. The quantitative estimate of drug-likeness (QED) is 0.762. The number of hydrogen-bond donors (Lipinski definition) is 1. The maximum absolute atomic E-state index is 11.3. The van der Waals surface area contributed by atoms with Crippen molar-refractivity contribution in [2.75, 3.05) is 51.9 Å². The normalized spacial score (nSPS) is 24.5. The van der Waals surface area contributed by atoms with Crippen molar-refractivity contribution >= 4 is 9.84 Å². The minimum absolute atomic E-state index is 0.0791. The van der Waals surface area contributed by atoms with Gasteiger partial charge in [-0.1, -0.05) is 0 Å². The van der Waals surface area contributed by atoms with Crippen molar-refractivity contribution in [2.24, 2.45) is 5.41 Å². The average molecular weight is 320 g/mol. The van der Waals surface area contributed by atoms with E-state index in [0.717, 1.165) is 39.1 Å². The Bertz CT molecular complexity index is 409. The van der Waals surface area contributed by atoms with Gasteiger partial charge in [-0.2, -0.15) is 0 Å². The maximum Gasteiger partial charge on any atom is 0.148 e. The molecule has 0 aromatic rings. The molecule has 0 saturated carbocycles. The second kappa shape index (κ2) is 7.40. The zero-order valence-corrected chi connectivity index (χ0v) is 15.1. The van der Waals surface area contributed by atoms with Crippen molar-refractivity contribution < 1.29 is 13.2 Å². The zero-order valence-electron chi connectivity index (χ0n) is 14.2. The van der Waals surface area contributed by atoms with E-state index < -0.39 is 9.84 Å². The lowest BCUT2D eigenvalue weighted by molar-refractivity contribution is -0.0246. The highest BCUT2D eigenvalue weighted by atomic mass is 32.2. The molecule has 0 bridgehead atoms. The third kappa shape index (κ3) is 8.14. The van der Waals surface area contributed by atoms with Gasteiger partial charge < -0.3 is 15.0 Å². The molecule has 1 aliphatic rings. The molecule has 6 heteroatoms. The number of ether oxygens (including phenoxy) is 1. The van der Waals surface area contributed by atoms with E-state index >= 15 is 0 Å². The summed E-state index contributed by atoms with van der Waals surface area (Å²) in [6.45, 7) is 10.4. The minimum Gasteiger partial charge on any atom is -0.381 e. The van der Waals surface area contributed by atoms with Gasteiger partial charge in [-0.15, -0.1) is 0 Å². The highest BCUT2D eigenvalue weighted by Gasteiger charge is 2.35. The van der Waals surface area contributed by atoms with E-state index in [1.165, 1.54) is 6.26 Å². The van der Waals surface area contributed by atoms with Crippen molar-refractivity contribution in [1.29, 1.82) is 0 Å². The van der Waals surface area contributed by atoms with E-state index in [-0.39, 0.29) is 16.7 Å². The van der Waals surface area contributed by atoms with Gasteiger partial charge >= 0.3 is 0 Å². The van der Waals surface area contributed by atoms with E-state index in [9.17, 15) is 8.42 Å². The monoisotopic (exact) mass is 320 g/mol. The molecule has 1 heterocycles. The van der Waals surface area contributed by atoms with Gasteiger partial charge in [0.1, 0.15) is 9.84 Å². The summed E-state index contributed by atoms with van der Waals surface area (Å²) in [5.41, 5.74) is 0.160. The molecular formula is C15H32N2O3S. The molecule has 1 atom stereocenters. The first-order valence-electron chi connectivity index (χ1n) is 7.71. The number of hydrogen-bond acceptors (Lipinski definition) is 5. The second-order valence-electron chi connectivity index (χ2n) is 7.63. The molecule has 0 aromatic heterocycles. The first-order valence-corrected chi connectivity index (χ1v) is 9.77. The Balaban J connectivity index is 2.60. The van der Waals surface area contributed by atoms with Crippen LogP contribution in [-0.2, 0) is 14.6 Å². The highest BCUT2D eigenvalue weighted by molar-refractivity contribution is 7.90. The summed E-state index contributed by atoms with van der Waals surface area (Å²) in [6, 6.07) is 0. The molecule has 1 rings (SSSR count). The van der Waals surface area contributed by atoms with E-state index in [1.54, 1.807) is 0 Å². The van der Waals surface area contributed by atoms with Gasteiger partial charge in [-0.05, 0) is 40.7 Å². The number of nitrogens with zero attached hydrogens (tertiary/aromatic N) is 1. The third-order valence-corrected chi connectivity index (χ3v) is 4.77. The summed E-state index contributed by atoms with van der Waals surface area (Å²) < 4.78 is 28.3. The predicted octanol–water partition coefficient (Wildman–Crippen LogP) is 1.15. The van der Waals surface area contributed by atoms with E-state index in [4.69, 9.17) is 4.74 Å². The van der Waals surface area contributed by atoms with Crippen molar-refractivity contribution in [1.82, 2.24) is 10.2 Å². The second-order valence-corrected chi connectivity index (χ2v) is 9.89. The van der Waals surface area contributed by atoms with Crippen LogP contribution in [0, 0.1) is 5.41 Å². The van der Waals surface area contributed by atoms with Crippen LogP contribution in [0.2, 0.25) is 0 Å². The van der Waals surface area contributed by atoms with Crippen LogP contribution >= 0.6 is 0 Å². The summed E-state index contributed by atoms with van der Waals surface area (Å²) in [4.78, 5) is 2.13. The fourth-order valence-electron chi connectivity index (χ4n) is 2.66. The molecule has 1 unspecified atom stereocenters. The molecule has 0 spiro atoms. The Kier molecular flexibility index (Phi) is 6.65. The van der Waals surface area contributed by atoms with Gasteiger partial charge in [0.15, 0.2) is 0 Å². The van der Waals surface area contributed by atoms with Crippen LogP contribution in [0.3, 0.4) is 0 Å². The molecule has 1 fully saturated rings. The smallest absolute Gasteiger partial charge is 0.148 e.